The molecule has 1 N–H and O–H groups in total. The number of hydrogen-bond acceptors (Lipinski definition) is 0. The minimum atomic E-state index is 0. The summed E-state index contributed by atoms with van der Waals surface area (Å²) in [6.45, 7) is 0. The fourth-order valence-electron chi connectivity index (χ4n) is 0. The van der Waals surface area contributed by atoms with Crippen LogP contribution in [0.15, 0.2) is 0 Å². The SMILES string of the molecule is [CH3-].[NH-]P.[U+2]. The molecule has 0 aromatic carbocycles. The minimum Gasteiger partial charge on any atom is -0.657 e. The minimum absolute atomic E-state index is 0. The molecule has 0 heterocycles. The van der Waals surface area contributed by atoms with Crippen LogP contribution < -0.4 is 0 Å². The second kappa shape index (κ2) is 25.3. The predicted molar refractivity (Wildman–Crippen MR) is 20.4 cm³/mol. The van der Waals surface area contributed by atoms with Crippen molar-refractivity contribution < 1.29 is 31.1 Å². The van der Waals surface area contributed by atoms with Gasteiger partial charge in [-0.05, 0) is 0 Å². The summed E-state index contributed by atoms with van der Waals surface area (Å²) in [4.78, 5) is 0. The predicted octanol–water partition coefficient (Wildman–Crippen LogP) is 1.28. The maximum Gasteiger partial charge on any atom is 2.00 e. The van der Waals surface area contributed by atoms with Crippen molar-refractivity contribution in [3.05, 3.63) is 12.9 Å². The Labute approximate surface area is 53.4 Å². The van der Waals surface area contributed by atoms with Crippen molar-refractivity contribution in [2.75, 3.05) is 0 Å². The van der Waals surface area contributed by atoms with Crippen LogP contribution in [0.5, 0.6) is 0 Å². The molecule has 0 aromatic heterocycles. The van der Waals surface area contributed by atoms with Gasteiger partial charge >= 0.3 is 31.1 Å². The van der Waals surface area contributed by atoms with Crippen LogP contribution in [0.3, 0.4) is 0 Å². The Hall–Kier alpha value is 1.44. The maximum absolute atomic E-state index is 5.67. The monoisotopic (exact) mass is 301 g/mol. The summed E-state index contributed by atoms with van der Waals surface area (Å²) in [5.41, 5.74) is 5.67. The fraction of sp³-hybridized carbons (Fsp3) is 0. The van der Waals surface area contributed by atoms with Gasteiger partial charge in [0.2, 0.25) is 0 Å². The smallest absolute Gasteiger partial charge is 0.657 e. The van der Waals surface area contributed by atoms with Gasteiger partial charge in [0.25, 0.3) is 0 Å². The number of hydrogen-bond donors (Lipinski definition) is 0. The number of nitrogens with one attached hydrogen (secondary N) is 1. The molecular weight excluding hydrogens is 295 g/mol. The van der Waals surface area contributed by atoms with E-state index >= 15 is 0 Å². The molecule has 0 aliphatic carbocycles. The molecule has 1 nitrogen and oxygen atoms in total. The van der Waals surface area contributed by atoms with Crippen molar-refractivity contribution in [1.82, 2.24) is 0 Å². The van der Waals surface area contributed by atoms with Crippen LogP contribution in [-0.4, -0.2) is 0 Å². The van der Waals surface area contributed by atoms with E-state index in [9.17, 15) is 0 Å². The Morgan fingerprint density at radius 2 is 1.25 bits per heavy atom. The van der Waals surface area contributed by atoms with Crippen LogP contribution >= 0.6 is 9.39 Å². The van der Waals surface area contributed by atoms with E-state index in [0.29, 0.717) is 0 Å². The summed E-state index contributed by atoms with van der Waals surface area (Å²) in [6.07, 6.45) is 0. The molecule has 0 fully saturated rings. The molecule has 0 bridgehead atoms. The fourth-order valence-corrected chi connectivity index (χ4v) is 0. The van der Waals surface area contributed by atoms with Crippen LogP contribution in [0.1, 0.15) is 0 Å². The maximum atomic E-state index is 5.67. The normalized spacial score (nSPS) is 1.50. The van der Waals surface area contributed by atoms with Crippen molar-refractivity contribution in [3.63, 3.8) is 0 Å². The largest absolute Gasteiger partial charge is 2.00 e. The van der Waals surface area contributed by atoms with Crippen LogP contribution in [-0.2, 0) is 0 Å². The van der Waals surface area contributed by atoms with Crippen molar-refractivity contribution >= 4 is 9.39 Å². The third-order valence-electron chi connectivity index (χ3n) is 0. The van der Waals surface area contributed by atoms with E-state index in [-0.39, 0.29) is 38.5 Å². The quantitative estimate of drug-likeness (QED) is 0.475. The van der Waals surface area contributed by atoms with Gasteiger partial charge < -0.3 is 12.9 Å². The zero-order valence-corrected chi connectivity index (χ0v) is 7.90. The third-order valence-corrected chi connectivity index (χ3v) is 0. The molecule has 4 heavy (non-hydrogen) atoms. The van der Waals surface area contributed by atoms with Gasteiger partial charge in [0.15, 0.2) is 0 Å². The molecule has 0 radical (unpaired) electrons. The van der Waals surface area contributed by atoms with Crippen molar-refractivity contribution in [2.24, 2.45) is 0 Å². The molecule has 0 amide bonds. The van der Waals surface area contributed by atoms with Crippen LogP contribution in [0.25, 0.3) is 5.50 Å². The van der Waals surface area contributed by atoms with Crippen LogP contribution in [0, 0.1) is 38.5 Å². The molecule has 3 heteroatoms. The van der Waals surface area contributed by atoms with E-state index in [4.69, 9.17) is 5.50 Å². The van der Waals surface area contributed by atoms with Crippen molar-refractivity contribution in [1.29, 1.82) is 0 Å². The molecule has 0 rings (SSSR count). The van der Waals surface area contributed by atoms with E-state index < -0.39 is 0 Å². The van der Waals surface area contributed by atoms with E-state index in [1.165, 1.54) is 0 Å². The Morgan fingerprint density at radius 3 is 1.25 bits per heavy atom. The first-order chi connectivity index (χ1) is 1.00. The first-order valence-corrected chi connectivity index (χ1v) is 0.866. The van der Waals surface area contributed by atoms with Crippen molar-refractivity contribution in [2.45, 2.75) is 0 Å². The van der Waals surface area contributed by atoms with Crippen molar-refractivity contribution in [3.8, 4) is 0 Å². The standard InChI is InChI=1S/CH3.H3NP.U/c;1-2;/h1H3;1H,2H2;/q2*-1;+2. The molecule has 1 atom stereocenters. The molecule has 0 aliphatic rings. The topological polar surface area (TPSA) is 23.8 Å². The third kappa shape index (κ3) is 9.87. The zero-order valence-electron chi connectivity index (χ0n) is 2.58. The molecule has 1 unspecified atom stereocenters. The van der Waals surface area contributed by atoms with Gasteiger partial charge in [0.05, 0.1) is 0 Å². The summed E-state index contributed by atoms with van der Waals surface area (Å²) in [5.74, 6) is 0. The van der Waals surface area contributed by atoms with Gasteiger partial charge in [0.1, 0.15) is 0 Å². The first kappa shape index (κ1) is 18.0. The summed E-state index contributed by atoms with van der Waals surface area (Å²) in [7, 11) is 1.67. The van der Waals surface area contributed by atoms with Crippen LogP contribution in [0.2, 0.25) is 0 Å². The van der Waals surface area contributed by atoms with Gasteiger partial charge in [0, 0.05) is 0 Å². The second-order valence-corrected chi connectivity index (χ2v) is 0. The molecular formula is CH6NPU. The molecule has 0 saturated carbocycles. The van der Waals surface area contributed by atoms with Gasteiger partial charge in [-0.25, -0.2) is 0 Å². The van der Waals surface area contributed by atoms with Gasteiger partial charge in [-0.1, -0.05) is 0 Å². The summed E-state index contributed by atoms with van der Waals surface area (Å²) in [6, 6.07) is 0. The van der Waals surface area contributed by atoms with Gasteiger partial charge in [-0.3, -0.25) is 9.39 Å². The summed E-state index contributed by atoms with van der Waals surface area (Å²) < 4.78 is 0. The second-order valence-electron chi connectivity index (χ2n) is 0. The molecule has 0 saturated heterocycles. The molecule has 0 spiro atoms. The van der Waals surface area contributed by atoms with Gasteiger partial charge in [-0.2, -0.15) is 0 Å². The van der Waals surface area contributed by atoms with E-state index in [0.717, 1.165) is 0 Å². The Balaban J connectivity index is -0.00000000500. The van der Waals surface area contributed by atoms with E-state index in [2.05, 4.69) is 0 Å². The molecule has 24 valence electrons. The zero-order chi connectivity index (χ0) is 2.00. The van der Waals surface area contributed by atoms with E-state index in [1.54, 1.807) is 9.39 Å². The Morgan fingerprint density at radius 1 is 1.25 bits per heavy atom. The van der Waals surface area contributed by atoms with Crippen LogP contribution in [0.4, 0.5) is 0 Å². The Kier molecular flexibility index (Phi) is 114. The number of rotatable bonds is 0. The molecule has 0 aromatic rings. The average Bonchev–Trinajstić information content (AvgIpc) is 1.00. The Bertz CT molecular complexity index is 8.00. The molecule has 0 aliphatic heterocycles. The van der Waals surface area contributed by atoms with Gasteiger partial charge in [-0.15, -0.1) is 0 Å². The summed E-state index contributed by atoms with van der Waals surface area (Å²) >= 11 is 0. The summed E-state index contributed by atoms with van der Waals surface area (Å²) in [5, 5.41) is 0. The first-order valence-electron chi connectivity index (χ1n) is 0.289. The average molecular weight is 301 g/mol. The van der Waals surface area contributed by atoms with E-state index in [1.807, 2.05) is 0 Å².